The maximum atomic E-state index is 14.0. The van der Waals surface area contributed by atoms with Crippen LogP contribution in [0.25, 0.3) is 12.2 Å². The number of amides is 1. The first-order chi connectivity index (χ1) is 18.2. The summed E-state index contributed by atoms with van der Waals surface area (Å²) < 4.78 is 60.8. The van der Waals surface area contributed by atoms with Gasteiger partial charge in [0.2, 0.25) is 15.9 Å². The van der Waals surface area contributed by atoms with Crippen molar-refractivity contribution in [3.05, 3.63) is 82.2 Å². The normalized spacial score (nSPS) is 19.0. The third kappa shape index (κ3) is 5.28. The molecule has 200 valence electrons. The Labute approximate surface area is 220 Å². The zero-order valence-corrected chi connectivity index (χ0v) is 21.8. The van der Waals surface area contributed by atoms with Crippen molar-refractivity contribution in [2.24, 2.45) is 5.92 Å². The predicted molar refractivity (Wildman–Crippen MR) is 138 cm³/mol. The van der Waals surface area contributed by atoms with Crippen molar-refractivity contribution in [2.45, 2.75) is 50.0 Å². The Kier molecular flexibility index (Phi) is 7.45. The van der Waals surface area contributed by atoms with Gasteiger partial charge in [0.1, 0.15) is 17.3 Å². The van der Waals surface area contributed by atoms with Crippen LogP contribution in [0.15, 0.2) is 51.9 Å². The minimum Gasteiger partial charge on any atom is -0.355 e. The number of hydrogen-bond acceptors (Lipinski definition) is 5. The van der Waals surface area contributed by atoms with Crippen LogP contribution < -0.4 is 5.32 Å². The molecular formula is C28H29F2N3O4S. The Morgan fingerprint density at radius 3 is 2.63 bits per heavy atom. The number of hydrogen-bond donors (Lipinski definition) is 1. The van der Waals surface area contributed by atoms with E-state index in [-0.39, 0.29) is 52.9 Å². The first-order valence-corrected chi connectivity index (χ1v) is 14.2. The van der Waals surface area contributed by atoms with Crippen molar-refractivity contribution in [3.8, 4) is 0 Å². The third-order valence-corrected chi connectivity index (χ3v) is 9.38. The molecule has 1 unspecified atom stereocenters. The number of fused-ring (bicyclic) bond motifs is 1. The van der Waals surface area contributed by atoms with E-state index in [9.17, 15) is 22.0 Å². The highest BCUT2D eigenvalue weighted by Gasteiger charge is 2.36. The van der Waals surface area contributed by atoms with Crippen molar-refractivity contribution in [2.75, 3.05) is 13.1 Å². The molecular weight excluding hydrogens is 512 g/mol. The zero-order valence-electron chi connectivity index (χ0n) is 21.0. The number of carbonyl (C=O) groups excluding carboxylic acids is 1. The quantitative estimate of drug-likeness (QED) is 0.473. The second-order valence-corrected chi connectivity index (χ2v) is 11.7. The van der Waals surface area contributed by atoms with Crippen molar-refractivity contribution in [1.29, 1.82) is 0 Å². The van der Waals surface area contributed by atoms with Gasteiger partial charge < -0.3 is 9.84 Å². The Morgan fingerprint density at radius 2 is 1.87 bits per heavy atom. The molecule has 1 aliphatic carbocycles. The van der Waals surface area contributed by atoms with Gasteiger partial charge >= 0.3 is 0 Å². The number of piperidine rings is 1. The molecule has 1 atom stereocenters. The standard InChI is InChI=1S/C28H29F2N3O4S/c1-18-27(26(37-32-18)12-10-20-9-11-22(29)17-24(20)30)38(35,36)33-15-13-21(14-16-33)28(34)31-25-8-4-6-19-5-2-3-7-23(19)25/h2-3,5,7,9-12,17,21,25H,4,6,8,13-16H2,1H3,(H,31,34)/b12-10+. The van der Waals surface area contributed by atoms with Crippen LogP contribution in [-0.2, 0) is 21.2 Å². The van der Waals surface area contributed by atoms with E-state index in [0.29, 0.717) is 12.8 Å². The molecule has 1 aromatic heterocycles. The molecule has 7 nitrogen and oxygen atoms in total. The summed E-state index contributed by atoms with van der Waals surface area (Å²) in [6, 6.07) is 11.2. The molecule has 2 aromatic carbocycles. The van der Waals surface area contributed by atoms with E-state index in [1.807, 2.05) is 12.1 Å². The predicted octanol–water partition coefficient (Wildman–Crippen LogP) is 5.03. The van der Waals surface area contributed by atoms with Gasteiger partial charge in [0.05, 0.1) is 6.04 Å². The van der Waals surface area contributed by atoms with Crippen molar-refractivity contribution in [3.63, 3.8) is 0 Å². The van der Waals surface area contributed by atoms with E-state index >= 15 is 0 Å². The van der Waals surface area contributed by atoms with Gasteiger partial charge in [-0.25, -0.2) is 17.2 Å². The summed E-state index contributed by atoms with van der Waals surface area (Å²) in [7, 11) is -3.98. The number of aromatic nitrogens is 1. The van der Waals surface area contributed by atoms with E-state index in [4.69, 9.17) is 4.52 Å². The number of nitrogens with zero attached hydrogens (tertiary/aromatic N) is 2. The zero-order chi connectivity index (χ0) is 26.9. The summed E-state index contributed by atoms with van der Waals surface area (Å²) in [6.07, 6.45) is 6.34. The molecule has 1 amide bonds. The number of rotatable bonds is 6. The summed E-state index contributed by atoms with van der Waals surface area (Å²) >= 11 is 0. The average molecular weight is 542 g/mol. The maximum absolute atomic E-state index is 14.0. The molecule has 0 radical (unpaired) electrons. The Bertz CT molecular complexity index is 1480. The fourth-order valence-corrected chi connectivity index (χ4v) is 7.00. The fourth-order valence-electron chi connectivity index (χ4n) is 5.28. The summed E-state index contributed by atoms with van der Waals surface area (Å²) in [4.78, 5) is 13.0. The van der Waals surface area contributed by atoms with Crippen LogP contribution in [-0.4, -0.2) is 36.9 Å². The van der Waals surface area contributed by atoms with Crippen LogP contribution in [0, 0.1) is 24.5 Å². The van der Waals surface area contributed by atoms with E-state index in [1.54, 1.807) is 0 Å². The third-order valence-electron chi connectivity index (χ3n) is 7.32. The van der Waals surface area contributed by atoms with E-state index in [0.717, 1.165) is 37.0 Å². The molecule has 3 aromatic rings. The van der Waals surface area contributed by atoms with Crippen molar-refractivity contribution < 1.29 is 26.5 Å². The molecule has 0 spiro atoms. The Morgan fingerprint density at radius 1 is 1.11 bits per heavy atom. The van der Waals surface area contributed by atoms with Gasteiger partial charge in [-0.05, 0) is 74.4 Å². The van der Waals surface area contributed by atoms with Gasteiger partial charge in [0, 0.05) is 30.6 Å². The number of aryl methyl sites for hydroxylation is 2. The van der Waals surface area contributed by atoms with Gasteiger partial charge in [0.15, 0.2) is 10.7 Å². The Hall–Kier alpha value is -3.37. The molecule has 2 aliphatic rings. The number of nitrogens with one attached hydrogen (secondary N) is 1. The van der Waals surface area contributed by atoms with Crippen molar-refractivity contribution in [1.82, 2.24) is 14.8 Å². The van der Waals surface area contributed by atoms with E-state index in [1.165, 1.54) is 35.0 Å². The molecule has 0 saturated carbocycles. The minimum atomic E-state index is -3.98. The summed E-state index contributed by atoms with van der Waals surface area (Å²) in [6.45, 7) is 1.89. The molecule has 0 bridgehead atoms. The van der Waals surface area contributed by atoms with Crippen LogP contribution in [0.2, 0.25) is 0 Å². The highest BCUT2D eigenvalue weighted by molar-refractivity contribution is 7.89. The molecule has 38 heavy (non-hydrogen) atoms. The molecule has 1 fully saturated rings. The topological polar surface area (TPSA) is 92.5 Å². The second-order valence-electron chi connectivity index (χ2n) is 9.79. The first-order valence-electron chi connectivity index (χ1n) is 12.7. The van der Waals surface area contributed by atoms with Crippen LogP contribution in [0.3, 0.4) is 0 Å². The van der Waals surface area contributed by atoms with Crippen LogP contribution in [0.4, 0.5) is 8.78 Å². The highest BCUT2D eigenvalue weighted by Crippen LogP contribution is 2.32. The van der Waals surface area contributed by atoms with E-state index < -0.39 is 21.7 Å². The summed E-state index contributed by atoms with van der Waals surface area (Å²) in [5, 5.41) is 6.99. The number of sulfonamides is 1. The lowest BCUT2D eigenvalue weighted by molar-refractivity contribution is -0.127. The second kappa shape index (κ2) is 10.8. The molecule has 10 heteroatoms. The SMILES string of the molecule is Cc1noc(/C=C/c2ccc(F)cc2F)c1S(=O)(=O)N1CCC(C(=O)NC2CCCc3ccccc32)CC1. The lowest BCUT2D eigenvalue weighted by Crippen LogP contribution is -2.44. The lowest BCUT2D eigenvalue weighted by Gasteiger charge is -2.32. The summed E-state index contributed by atoms with van der Waals surface area (Å²) in [5.41, 5.74) is 2.69. The lowest BCUT2D eigenvalue weighted by atomic mass is 9.87. The van der Waals surface area contributed by atoms with Crippen molar-refractivity contribution >= 4 is 28.1 Å². The molecule has 2 heterocycles. The first kappa shape index (κ1) is 26.2. The maximum Gasteiger partial charge on any atom is 0.248 e. The van der Waals surface area contributed by atoms with Gasteiger partial charge in [-0.2, -0.15) is 4.31 Å². The molecule has 5 rings (SSSR count). The average Bonchev–Trinajstić information content (AvgIpc) is 3.29. The van der Waals surface area contributed by atoms with E-state index in [2.05, 4.69) is 22.6 Å². The molecule has 1 N–H and O–H groups in total. The minimum absolute atomic E-state index is 0.0193. The molecule has 1 aliphatic heterocycles. The van der Waals surface area contributed by atoms with Crippen LogP contribution in [0.1, 0.15) is 59.9 Å². The van der Waals surface area contributed by atoms with Crippen LogP contribution in [0.5, 0.6) is 0 Å². The summed E-state index contributed by atoms with van der Waals surface area (Å²) in [5.74, 6) is -1.85. The smallest absolute Gasteiger partial charge is 0.248 e. The Balaban J connectivity index is 1.26. The number of carbonyl (C=O) groups is 1. The largest absolute Gasteiger partial charge is 0.355 e. The number of benzene rings is 2. The number of halogens is 2. The molecule has 1 saturated heterocycles. The van der Waals surface area contributed by atoms with Gasteiger partial charge in [-0.15, -0.1) is 0 Å². The monoisotopic (exact) mass is 541 g/mol. The van der Waals surface area contributed by atoms with Gasteiger partial charge in [0.25, 0.3) is 0 Å². The van der Waals surface area contributed by atoms with Gasteiger partial charge in [-0.3, -0.25) is 4.79 Å². The van der Waals surface area contributed by atoms with Gasteiger partial charge in [-0.1, -0.05) is 29.4 Å². The fraction of sp³-hybridized carbons (Fsp3) is 0.357. The van der Waals surface area contributed by atoms with Crippen LogP contribution >= 0.6 is 0 Å². The highest BCUT2D eigenvalue weighted by atomic mass is 32.2.